The van der Waals surface area contributed by atoms with Gasteiger partial charge in [0.05, 0.1) is 12.7 Å². The van der Waals surface area contributed by atoms with E-state index in [4.69, 9.17) is 28.6 Å². The summed E-state index contributed by atoms with van der Waals surface area (Å²) in [5.74, 6) is 0.202. The third kappa shape index (κ3) is 5.86. The standard InChI is InChI=1S/C22H25ClN4O3S/c1-3-20(28)27-12-10-26(11-13-27)17-7-5-16(6-8-17)24-22(31)25-21(29)18-14-15(23)4-9-19(18)30-2/h4-9,14H,3,10-13H2,1-2H3,(H2,24,25,29,31). The van der Waals surface area contributed by atoms with Gasteiger partial charge in [-0.2, -0.15) is 0 Å². The van der Waals surface area contributed by atoms with E-state index in [0.29, 0.717) is 22.8 Å². The predicted octanol–water partition coefficient (Wildman–Crippen LogP) is 3.53. The number of nitrogens with zero attached hydrogens (tertiary/aromatic N) is 2. The smallest absolute Gasteiger partial charge is 0.261 e. The second-order valence-electron chi connectivity index (χ2n) is 7.02. The molecule has 1 saturated heterocycles. The van der Waals surface area contributed by atoms with Gasteiger partial charge in [-0.15, -0.1) is 0 Å². The summed E-state index contributed by atoms with van der Waals surface area (Å²) in [5.41, 5.74) is 2.13. The second kappa shape index (κ2) is 10.5. The number of hydrogen-bond donors (Lipinski definition) is 2. The van der Waals surface area contributed by atoms with Crippen molar-refractivity contribution in [2.75, 3.05) is 43.5 Å². The minimum absolute atomic E-state index is 0.173. The van der Waals surface area contributed by atoms with Gasteiger partial charge in [-0.1, -0.05) is 18.5 Å². The summed E-state index contributed by atoms with van der Waals surface area (Å²) in [4.78, 5) is 28.5. The molecule has 1 heterocycles. The van der Waals surface area contributed by atoms with E-state index in [-0.39, 0.29) is 11.0 Å². The molecule has 31 heavy (non-hydrogen) atoms. The highest BCUT2D eigenvalue weighted by atomic mass is 35.5. The first kappa shape index (κ1) is 22.8. The number of hydrogen-bond acceptors (Lipinski definition) is 5. The number of piperazine rings is 1. The number of rotatable bonds is 5. The average molecular weight is 461 g/mol. The summed E-state index contributed by atoms with van der Waals surface area (Å²) in [5, 5.41) is 6.25. The molecule has 1 aliphatic rings. The van der Waals surface area contributed by atoms with Gasteiger partial charge in [-0.3, -0.25) is 14.9 Å². The lowest BCUT2D eigenvalue weighted by Gasteiger charge is -2.36. The van der Waals surface area contributed by atoms with Gasteiger partial charge < -0.3 is 19.9 Å². The lowest BCUT2D eigenvalue weighted by molar-refractivity contribution is -0.131. The Kier molecular flexibility index (Phi) is 7.70. The third-order valence-electron chi connectivity index (χ3n) is 5.06. The third-order valence-corrected chi connectivity index (χ3v) is 5.50. The monoisotopic (exact) mass is 460 g/mol. The molecule has 9 heteroatoms. The molecule has 0 atom stereocenters. The maximum Gasteiger partial charge on any atom is 0.261 e. The molecule has 0 aromatic heterocycles. The summed E-state index contributed by atoms with van der Waals surface area (Å²) in [6, 6.07) is 12.6. The molecule has 0 spiro atoms. The first-order valence-corrected chi connectivity index (χ1v) is 10.8. The van der Waals surface area contributed by atoms with Crippen LogP contribution in [0.25, 0.3) is 0 Å². The lowest BCUT2D eigenvalue weighted by atomic mass is 10.2. The number of carbonyl (C=O) groups is 2. The van der Waals surface area contributed by atoms with Crippen LogP contribution in [-0.2, 0) is 4.79 Å². The van der Waals surface area contributed by atoms with Crippen LogP contribution in [0.2, 0.25) is 5.02 Å². The first-order chi connectivity index (χ1) is 14.9. The normalized spacial score (nSPS) is 13.5. The Morgan fingerprint density at radius 2 is 1.77 bits per heavy atom. The fourth-order valence-corrected chi connectivity index (χ4v) is 3.77. The molecule has 2 N–H and O–H groups in total. The van der Waals surface area contributed by atoms with E-state index < -0.39 is 5.91 Å². The Balaban J connectivity index is 1.55. The van der Waals surface area contributed by atoms with Crippen molar-refractivity contribution >= 4 is 52.1 Å². The van der Waals surface area contributed by atoms with Gasteiger partial charge in [0.25, 0.3) is 5.91 Å². The zero-order valence-corrected chi connectivity index (χ0v) is 19.1. The number of carbonyl (C=O) groups excluding carboxylic acids is 2. The van der Waals surface area contributed by atoms with Crippen molar-refractivity contribution < 1.29 is 14.3 Å². The number of anilines is 2. The molecule has 1 fully saturated rings. The Hall–Kier alpha value is -2.84. The van der Waals surface area contributed by atoms with E-state index in [1.165, 1.54) is 13.2 Å². The summed E-state index contributed by atoms with van der Waals surface area (Å²) in [6.45, 7) is 4.95. The molecule has 2 amide bonds. The molecule has 0 aliphatic carbocycles. The Morgan fingerprint density at radius 3 is 2.39 bits per heavy atom. The predicted molar refractivity (Wildman–Crippen MR) is 127 cm³/mol. The van der Waals surface area contributed by atoms with Gasteiger partial charge in [0.2, 0.25) is 5.91 Å². The van der Waals surface area contributed by atoms with Crippen molar-refractivity contribution in [2.24, 2.45) is 0 Å². The fourth-order valence-electron chi connectivity index (χ4n) is 3.38. The first-order valence-electron chi connectivity index (χ1n) is 10.00. The number of amides is 2. The van der Waals surface area contributed by atoms with Gasteiger partial charge in [0, 0.05) is 49.0 Å². The molecule has 0 bridgehead atoms. The number of nitrogens with one attached hydrogen (secondary N) is 2. The second-order valence-corrected chi connectivity index (χ2v) is 7.87. The van der Waals surface area contributed by atoms with Crippen molar-refractivity contribution in [3.05, 3.63) is 53.1 Å². The number of ether oxygens (including phenoxy) is 1. The van der Waals surface area contributed by atoms with Gasteiger partial charge in [0.15, 0.2) is 5.11 Å². The van der Waals surface area contributed by atoms with Crippen molar-refractivity contribution in [1.82, 2.24) is 10.2 Å². The minimum atomic E-state index is -0.409. The van der Waals surface area contributed by atoms with Crippen LogP contribution in [0.3, 0.4) is 0 Å². The lowest BCUT2D eigenvalue weighted by Crippen LogP contribution is -2.48. The molecule has 0 radical (unpaired) electrons. The van der Waals surface area contributed by atoms with E-state index in [9.17, 15) is 9.59 Å². The van der Waals surface area contributed by atoms with Crippen molar-refractivity contribution in [1.29, 1.82) is 0 Å². The molecule has 2 aromatic carbocycles. The Labute approximate surface area is 192 Å². The van der Waals surface area contributed by atoms with Crippen molar-refractivity contribution in [2.45, 2.75) is 13.3 Å². The quantitative estimate of drug-likeness (QED) is 0.665. The Bertz CT molecular complexity index is 960. The molecule has 7 nitrogen and oxygen atoms in total. The number of benzene rings is 2. The molecular weight excluding hydrogens is 436 g/mol. The van der Waals surface area contributed by atoms with Crippen LogP contribution in [0.15, 0.2) is 42.5 Å². The van der Waals surface area contributed by atoms with Crippen LogP contribution in [0.4, 0.5) is 11.4 Å². The zero-order valence-electron chi connectivity index (χ0n) is 17.5. The van der Waals surface area contributed by atoms with Gasteiger partial charge >= 0.3 is 0 Å². The van der Waals surface area contributed by atoms with E-state index in [0.717, 1.165) is 37.6 Å². The molecule has 0 saturated carbocycles. The highest BCUT2D eigenvalue weighted by Crippen LogP contribution is 2.23. The topological polar surface area (TPSA) is 73.9 Å². The van der Waals surface area contributed by atoms with E-state index >= 15 is 0 Å². The summed E-state index contributed by atoms with van der Waals surface area (Å²) in [7, 11) is 1.49. The molecule has 0 unspecified atom stereocenters. The maximum atomic E-state index is 12.5. The SMILES string of the molecule is CCC(=O)N1CCN(c2ccc(NC(=S)NC(=O)c3cc(Cl)ccc3OC)cc2)CC1. The molecule has 3 rings (SSSR count). The maximum absolute atomic E-state index is 12.5. The molecule has 164 valence electrons. The minimum Gasteiger partial charge on any atom is -0.496 e. The van der Waals surface area contributed by atoms with Gasteiger partial charge in [-0.05, 0) is 54.7 Å². The molecule has 1 aliphatic heterocycles. The highest BCUT2D eigenvalue weighted by Gasteiger charge is 2.20. The van der Waals surface area contributed by atoms with E-state index in [1.54, 1.807) is 12.1 Å². The van der Waals surface area contributed by atoms with Crippen LogP contribution in [0.1, 0.15) is 23.7 Å². The largest absolute Gasteiger partial charge is 0.496 e. The zero-order chi connectivity index (χ0) is 22.4. The fraction of sp³-hybridized carbons (Fsp3) is 0.318. The van der Waals surface area contributed by atoms with Crippen LogP contribution in [0.5, 0.6) is 5.75 Å². The van der Waals surface area contributed by atoms with Gasteiger partial charge in [0.1, 0.15) is 5.75 Å². The van der Waals surface area contributed by atoms with Crippen LogP contribution < -0.4 is 20.3 Å². The van der Waals surface area contributed by atoms with Crippen LogP contribution >= 0.6 is 23.8 Å². The van der Waals surface area contributed by atoms with Crippen LogP contribution in [-0.4, -0.2) is 55.1 Å². The Morgan fingerprint density at radius 1 is 1.10 bits per heavy atom. The van der Waals surface area contributed by atoms with Gasteiger partial charge in [-0.25, -0.2) is 0 Å². The van der Waals surface area contributed by atoms with Crippen LogP contribution in [0, 0.1) is 0 Å². The van der Waals surface area contributed by atoms with Crippen molar-refractivity contribution in [3.63, 3.8) is 0 Å². The number of halogens is 1. The van der Waals surface area contributed by atoms with E-state index in [2.05, 4.69) is 15.5 Å². The highest BCUT2D eigenvalue weighted by molar-refractivity contribution is 7.80. The van der Waals surface area contributed by atoms with Crippen molar-refractivity contribution in [3.8, 4) is 5.75 Å². The number of thiocarbonyl (C=S) groups is 1. The molecule has 2 aromatic rings. The average Bonchev–Trinajstić information content (AvgIpc) is 2.79. The molecular formula is C22H25ClN4O3S. The van der Waals surface area contributed by atoms with E-state index in [1.807, 2.05) is 36.1 Å². The summed E-state index contributed by atoms with van der Waals surface area (Å²) in [6.07, 6.45) is 0.543. The summed E-state index contributed by atoms with van der Waals surface area (Å²) >= 11 is 11.3. The summed E-state index contributed by atoms with van der Waals surface area (Å²) < 4.78 is 5.21. The number of methoxy groups -OCH3 is 1.